The van der Waals surface area contributed by atoms with Crippen LogP contribution < -0.4 is 5.32 Å². The van der Waals surface area contributed by atoms with Gasteiger partial charge in [0.1, 0.15) is 0 Å². The number of nitrogens with zero attached hydrogens (tertiary/aromatic N) is 4. The third-order valence-corrected chi connectivity index (χ3v) is 2.49. The Balaban J connectivity index is 2.01. The van der Waals surface area contributed by atoms with E-state index in [1.165, 1.54) is 4.52 Å². The molecule has 2 N–H and O–H groups in total. The van der Waals surface area contributed by atoms with Crippen LogP contribution in [-0.4, -0.2) is 43.1 Å². The lowest BCUT2D eigenvalue weighted by molar-refractivity contribution is -0.137. The lowest BCUT2D eigenvalue weighted by atomic mass is 10.3. The first-order valence-corrected chi connectivity index (χ1v) is 5.76. The van der Waals surface area contributed by atoms with Crippen LogP contribution in [0.3, 0.4) is 0 Å². The molecule has 8 heteroatoms. The minimum atomic E-state index is -0.889. The van der Waals surface area contributed by atoms with Crippen LogP contribution in [0.2, 0.25) is 0 Å². The molecule has 1 amide bonds. The molecule has 0 aromatic carbocycles. The van der Waals surface area contributed by atoms with Gasteiger partial charge < -0.3 is 10.4 Å². The highest BCUT2D eigenvalue weighted by Crippen LogP contribution is 2.01. The SMILES string of the molecule is Cc1ccnc2nc(C(=O)NCCCC(=O)O)nn12. The van der Waals surface area contributed by atoms with E-state index in [9.17, 15) is 9.59 Å². The third kappa shape index (κ3) is 3.03. The van der Waals surface area contributed by atoms with Crippen LogP contribution in [0, 0.1) is 6.92 Å². The van der Waals surface area contributed by atoms with Gasteiger partial charge in [-0.15, -0.1) is 5.10 Å². The topological polar surface area (TPSA) is 109 Å². The average molecular weight is 263 g/mol. The number of hydrogen-bond donors (Lipinski definition) is 2. The molecular formula is C11H13N5O3. The summed E-state index contributed by atoms with van der Waals surface area (Å²) in [7, 11) is 0. The molecule has 0 radical (unpaired) electrons. The molecule has 0 atom stereocenters. The summed E-state index contributed by atoms with van der Waals surface area (Å²) in [6, 6.07) is 1.76. The monoisotopic (exact) mass is 263 g/mol. The minimum absolute atomic E-state index is 0.0134. The summed E-state index contributed by atoms with van der Waals surface area (Å²) in [6.07, 6.45) is 1.97. The van der Waals surface area contributed by atoms with Crippen molar-refractivity contribution in [3.05, 3.63) is 23.8 Å². The molecule has 100 valence electrons. The number of aliphatic carboxylic acids is 1. The number of carbonyl (C=O) groups excluding carboxylic acids is 1. The van der Waals surface area contributed by atoms with Crippen molar-refractivity contribution in [1.82, 2.24) is 24.9 Å². The summed E-state index contributed by atoms with van der Waals surface area (Å²) in [5.74, 6) is -0.942. The van der Waals surface area contributed by atoms with E-state index in [2.05, 4.69) is 20.4 Å². The molecule has 19 heavy (non-hydrogen) atoms. The van der Waals surface area contributed by atoms with Crippen LogP contribution in [0.15, 0.2) is 12.3 Å². The molecule has 8 nitrogen and oxygen atoms in total. The zero-order chi connectivity index (χ0) is 13.8. The molecule has 0 unspecified atom stereocenters. The van der Waals surface area contributed by atoms with Gasteiger partial charge in [-0.3, -0.25) is 9.59 Å². The number of aryl methyl sites for hydroxylation is 1. The zero-order valence-electron chi connectivity index (χ0n) is 10.3. The quantitative estimate of drug-likeness (QED) is 0.736. The maximum atomic E-state index is 11.7. The van der Waals surface area contributed by atoms with Crippen molar-refractivity contribution < 1.29 is 14.7 Å². The van der Waals surface area contributed by atoms with E-state index in [-0.39, 0.29) is 18.8 Å². The molecule has 0 fully saturated rings. The first kappa shape index (κ1) is 12.9. The van der Waals surface area contributed by atoms with Crippen molar-refractivity contribution >= 4 is 17.7 Å². The number of rotatable bonds is 5. The number of nitrogens with one attached hydrogen (secondary N) is 1. The average Bonchev–Trinajstić information content (AvgIpc) is 2.79. The highest BCUT2D eigenvalue weighted by Gasteiger charge is 2.13. The maximum Gasteiger partial charge on any atom is 0.303 e. The van der Waals surface area contributed by atoms with E-state index in [4.69, 9.17) is 5.11 Å². The molecule has 0 saturated heterocycles. The molecule has 0 aliphatic rings. The van der Waals surface area contributed by atoms with Crippen LogP contribution in [0.1, 0.15) is 29.2 Å². The summed E-state index contributed by atoms with van der Waals surface area (Å²) >= 11 is 0. The number of amides is 1. The Labute approximate surface area is 108 Å². The second-order valence-corrected chi connectivity index (χ2v) is 3.99. The van der Waals surface area contributed by atoms with Gasteiger partial charge in [0.05, 0.1) is 0 Å². The molecule has 0 aliphatic heterocycles. The standard InChI is InChI=1S/C11H13N5O3/c1-7-4-6-13-11-14-9(15-16(7)11)10(19)12-5-2-3-8(17)18/h4,6H,2-3,5H2,1H3,(H,12,19)(H,17,18). The van der Waals surface area contributed by atoms with Crippen LogP contribution in [0.25, 0.3) is 5.78 Å². The van der Waals surface area contributed by atoms with Gasteiger partial charge in [-0.1, -0.05) is 0 Å². The zero-order valence-corrected chi connectivity index (χ0v) is 10.3. The normalized spacial score (nSPS) is 10.6. The smallest absolute Gasteiger partial charge is 0.303 e. The second-order valence-electron chi connectivity index (χ2n) is 3.99. The first-order valence-electron chi connectivity index (χ1n) is 5.76. The highest BCUT2D eigenvalue weighted by atomic mass is 16.4. The summed E-state index contributed by atoms with van der Waals surface area (Å²) in [5.41, 5.74) is 0.822. The Morgan fingerprint density at radius 3 is 2.95 bits per heavy atom. The number of hydrogen-bond acceptors (Lipinski definition) is 5. The summed E-state index contributed by atoms with van der Waals surface area (Å²) in [5, 5.41) is 15.1. The largest absolute Gasteiger partial charge is 0.481 e. The van der Waals surface area contributed by atoms with Crippen LogP contribution in [-0.2, 0) is 4.79 Å². The van der Waals surface area contributed by atoms with Crippen LogP contribution in [0.4, 0.5) is 0 Å². The molecule has 2 heterocycles. The fourth-order valence-electron chi connectivity index (χ4n) is 1.52. The molecule has 0 saturated carbocycles. The second kappa shape index (κ2) is 5.42. The Morgan fingerprint density at radius 1 is 1.47 bits per heavy atom. The lowest BCUT2D eigenvalue weighted by Gasteiger charge is -1.99. The van der Waals surface area contributed by atoms with E-state index < -0.39 is 11.9 Å². The van der Waals surface area contributed by atoms with E-state index in [0.29, 0.717) is 12.2 Å². The van der Waals surface area contributed by atoms with E-state index in [0.717, 1.165) is 5.69 Å². The molecular weight excluding hydrogens is 250 g/mol. The third-order valence-electron chi connectivity index (χ3n) is 2.49. The van der Waals surface area contributed by atoms with Gasteiger partial charge in [-0.05, 0) is 19.4 Å². The molecule has 2 rings (SSSR count). The van der Waals surface area contributed by atoms with Crippen LogP contribution >= 0.6 is 0 Å². The predicted octanol–water partition coefficient (Wildman–Crippen LogP) is 0.0273. The van der Waals surface area contributed by atoms with E-state index >= 15 is 0 Å². The van der Waals surface area contributed by atoms with Gasteiger partial charge >= 0.3 is 5.97 Å². The van der Waals surface area contributed by atoms with Gasteiger partial charge in [-0.25, -0.2) is 9.50 Å². The van der Waals surface area contributed by atoms with Gasteiger partial charge in [0.25, 0.3) is 11.7 Å². The summed E-state index contributed by atoms with van der Waals surface area (Å²) < 4.78 is 1.48. The van der Waals surface area contributed by atoms with Gasteiger partial charge in [0.15, 0.2) is 0 Å². The predicted molar refractivity (Wildman–Crippen MR) is 64.7 cm³/mol. The number of carboxylic acids is 1. The Kier molecular flexibility index (Phi) is 3.69. The lowest BCUT2D eigenvalue weighted by Crippen LogP contribution is -2.26. The van der Waals surface area contributed by atoms with Gasteiger partial charge in [0.2, 0.25) is 5.82 Å². The van der Waals surface area contributed by atoms with Crippen LogP contribution in [0.5, 0.6) is 0 Å². The Morgan fingerprint density at radius 2 is 2.26 bits per heavy atom. The molecule has 0 bridgehead atoms. The van der Waals surface area contributed by atoms with Gasteiger partial charge in [0, 0.05) is 24.9 Å². The summed E-state index contributed by atoms with van der Waals surface area (Å²) in [6.45, 7) is 2.10. The van der Waals surface area contributed by atoms with E-state index in [1.807, 2.05) is 6.92 Å². The molecule has 0 spiro atoms. The highest BCUT2D eigenvalue weighted by molar-refractivity contribution is 5.90. The molecule has 0 aliphatic carbocycles. The van der Waals surface area contributed by atoms with Crippen molar-refractivity contribution in [2.75, 3.05) is 6.54 Å². The number of carbonyl (C=O) groups is 2. The minimum Gasteiger partial charge on any atom is -0.481 e. The van der Waals surface area contributed by atoms with Gasteiger partial charge in [-0.2, -0.15) is 4.98 Å². The van der Waals surface area contributed by atoms with Crippen molar-refractivity contribution in [1.29, 1.82) is 0 Å². The van der Waals surface area contributed by atoms with Crippen molar-refractivity contribution in [3.63, 3.8) is 0 Å². The number of carboxylic acid groups (broad SMARTS) is 1. The fourth-order valence-corrected chi connectivity index (χ4v) is 1.52. The maximum absolute atomic E-state index is 11.7. The van der Waals surface area contributed by atoms with Crippen molar-refractivity contribution in [2.24, 2.45) is 0 Å². The molecule has 2 aromatic rings. The first-order chi connectivity index (χ1) is 9.08. The van der Waals surface area contributed by atoms with Crippen molar-refractivity contribution in [3.8, 4) is 0 Å². The Bertz CT molecular complexity index is 622. The van der Waals surface area contributed by atoms with Crippen molar-refractivity contribution in [2.45, 2.75) is 19.8 Å². The molecule has 2 aromatic heterocycles. The Hall–Kier alpha value is -2.51. The number of aromatic nitrogens is 4. The van der Waals surface area contributed by atoms with E-state index in [1.54, 1.807) is 12.3 Å². The fraction of sp³-hybridized carbons (Fsp3) is 0.364. The number of fused-ring (bicyclic) bond motifs is 1. The summed E-state index contributed by atoms with van der Waals surface area (Å²) in [4.78, 5) is 30.1.